The van der Waals surface area contributed by atoms with Crippen LogP contribution in [0.25, 0.3) is 0 Å². The van der Waals surface area contributed by atoms with Gasteiger partial charge in [0.25, 0.3) is 0 Å². The molecule has 4 aliphatic heterocycles. The fraction of sp³-hybridized carbons (Fsp3) is 0.647. The summed E-state index contributed by atoms with van der Waals surface area (Å²) in [6.45, 7) is -1.96. The first kappa shape index (κ1) is 91.9. The second kappa shape index (κ2) is 37.1. The van der Waals surface area contributed by atoms with Crippen LogP contribution in [0.1, 0.15) is 47.9 Å². The summed E-state index contributed by atoms with van der Waals surface area (Å²) in [7, 11) is 5.72. The van der Waals surface area contributed by atoms with Crippen LogP contribution >= 0.6 is 0 Å². The second-order valence-corrected chi connectivity index (χ2v) is 28.9. The van der Waals surface area contributed by atoms with Crippen LogP contribution in [0, 0.1) is 23.7 Å². The van der Waals surface area contributed by atoms with Crippen molar-refractivity contribution in [2.75, 3.05) is 100 Å². The van der Waals surface area contributed by atoms with Crippen molar-refractivity contribution in [1.82, 2.24) is 39.5 Å². The lowest BCUT2D eigenvalue weighted by Gasteiger charge is -2.41. The first-order valence-corrected chi connectivity index (χ1v) is 35.7. The zero-order chi connectivity index (χ0) is 86.0. The Hall–Kier alpha value is -7.96. The van der Waals surface area contributed by atoms with E-state index in [1.165, 1.54) is 47.8 Å². The number of urea groups is 4. The predicted molar refractivity (Wildman–Crippen MR) is 366 cm³/mol. The maximum atomic E-state index is 13.0. The van der Waals surface area contributed by atoms with Gasteiger partial charge in [0.1, 0.15) is 72.1 Å². The van der Waals surface area contributed by atoms with Crippen LogP contribution < -0.4 is 19.6 Å². The van der Waals surface area contributed by atoms with E-state index >= 15 is 0 Å². The largest absolute Gasteiger partial charge is 0.416 e. The summed E-state index contributed by atoms with van der Waals surface area (Å²) in [5.74, 6) is -4.18. The van der Waals surface area contributed by atoms with Crippen molar-refractivity contribution in [2.24, 2.45) is 23.7 Å². The zero-order valence-electron chi connectivity index (χ0n) is 61.6. The van der Waals surface area contributed by atoms with Crippen molar-refractivity contribution in [1.29, 1.82) is 0 Å². The number of amides is 8. The molecule has 648 valence electrons. The summed E-state index contributed by atoms with van der Waals surface area (Å²) < 4.78 is 179. The van der Waals surface area contributed by atoms with Crippen molar-refractivity contribution in [3.8, 4) is 0 Å². The van der Waals surface area contributed by atoms with E-state index in [0.29, 0.717) is 0 Å². The fourth-order valence-electron chi connectivity index (χ4n) is 14.3. The number of halogens is 12. The lowest BCUT2D eigenvalue weighted by Crippen LogP contribution is -2.56. The molecule has 8 amide bonds. The number of aliphatic hydroxyl groups excluding tert-OH is 16. The number of carbonyl (C=O) groups excluding carboxylic acids is 4. The van der Waals surface area contributed by atoms with E-state index in [2.05, 4.69) is 19.9 Å². The Morgan fingerprint density at radius 2 is 0.483 bits per heavy atom. The average molecular weight is 1690 g/mol. The lowest BCUT2D eigenvalue weighted by molar-refractivity contribution is -0.188. The van der Waals surface area contributed by atoms with Crippen LogP contribution in [0.4, 0.5) is 95.1 Å². The van der Waals surface area contributed by atoms with Gasteiger partial charge in [-0.1, -0.05) is 0 Å². The summed E-state index contributed by atoms with van der Waals surface area (Å²) in [4.78, 5) is 74.0. The highest BCUT2D eigenvalue weighted by atomic mass is 19.4. The number of rotatable bonds is 16. The number of aliphatic hydroxyl groups is 16. The molecule has 24 atom stereocenters. The Labute approximate surface area is 650 Å². The standard InChI is InChI=1S/4C17H22F3N3O6/c4*1-22-6-12(29-10-4-8(7-24)13(25)15(27)14(10)26)23(16(22)28)11-5-9(2-3-21-11)17(18,19)20/h4*2-3,5,8,10,12-15,24-27H,4,6-7H2,1H3/t8-,10+,12+,13-,14+,15+;8-,10+,12-,13-,14+,15+;8-,10-,12+,13-,14+,15+;8-,10-,12-,13-,14+,15+/m1111/s1. The SMILES string of the molecule is CN1C[C@@H](O[C@@H]2C[C@H](CO)[C@@H](O)[C@H](O)[C@H]2O)N(c2cc(C(F)(F)F)ccn2)C1=O.CN1C[C@@H](O[C@H]2C[C@H](CO)[C@@H](O)[C@H](O)[C@H]2O)N(c2cc(C(F)(F)F)ccn2)C1=O.CN1C[C@H](O[C@@H]2C[C@H](CO)[C@@H](O)[C@H](O)[C@H]2O)N(c2cc(C(F)(F)F)ccn2)C1=O.CN1C[C@H](O[C@H]2C[C@H](CO)[C@@H](O)[C@H](O)[C@H]2O)N(c2cc(C(F)(F)F)ccn2)C1=O. The van der Waals surface area contributed by atoms with Crippen LogP contribution in [0.5, 0.6) is 0 Å². The van der Waals surface area contributed by atoms with Gasteiger partial charge >= 0.3 is 48.8 Å². The number of aromatic nitrogens is 4. The molecule has 8 aliphatic rings. The molecule has 4 aromatic heterocycles. The van der Waals surface area contributed by atoms with Gasteiger partial charge in [-0.15, -0.1) is 0 Å². The first-order chi connectivity index (χ1) is 54.2. The number of pyridine rings is 4. The highest BCUT2D eigenvalue weighted by Gasteiger charge is 2.53. The number of nitrogens with zero attached hydrogens (tertiary/aromatic N) is 12. The molecule has 4 saturated heterocycles. The summed E-state index contributed by atoms with van der Waals surface area (Å²) in [5, 5.41) is 158. The molecule has 8 heterocycles. The Balaban J connectivity index is 0.000000177. The highest BCUT2D eigenvalue weighted by molar-refractivity contribution is 5.95. The molecule has 48 heteroatoms. The van der Waals surface area contributed by atoms with Crippen molar-refractivity contribution in [2.45, 2.75) is 173 Å². The Bertz CT molecular complexity index is 3490. The van der Waals surface area contributed by atoms with Crippen molar-refractivity contribution < 1.29 is 173 Å². The quantitative estimate of drug-likeness (QED) is 0.0605. The minimum absolute atomic E-state index is 0.0197. The first-order valence-electron chi connectivity index (χ1n) is 35.7. The van der Waals surface area contributed by atoms with Gasteiger partial charge in [-0.3, -0.25) is 0 Å². The number of hydrogen-bond acceptors (Lipinski definition) is 28. The van der Waals surface area contributed by atoms with Gasteiger partial charge in [0.2, 0.25) is 0 Å². The summed E-state index contributed by atoms with van der Waals surface area (Å²) >= 11 is 0. The van der Waals surface area contributed by atoms with Crippen LogP contribution in [-0.4, -0.2) is 349 Å². The molecule has 4 saturated carbocycles. The van der Waals surface area contributed by atoms with E-state index in [9.17, 15) is 154 Å². The van der Waals surface area contributed by atoms with E-state index in [1.54, 1.807) is 0 Å². The lowest BCUT2D eigenvalue weighted by atomic mass is 9.81. The molecular weight excluding hydrogens is 1600 g/mol. The maximum absolute atomic E-state index is 13.0. The molecule has 4 aliphatic carbocycles. The molecule has 8 fully saturated rings. The highest BCUT2D eigenvalue weighted by Crippen LogP contribution is 2.41. The third-order valence-electron chi connectivity index (χ3n) is 20.9. The van der Waals surface area contributed by atoms with Crippen molar-refractivity contribution in [3.63, 3.8) is 0 Å². The monoisotopic (exact) mass is 1680 g/mol. The molecule has 16 N–H and O–H groups in total. The predicted octanol–water partition coefficient (Wildman–Crippen LogP) is -0.886. The third kappa shape index (κ3) is 20.3. The molecule has 4 aromatic rings. The number of likely N-dealkylation sites (N-methyl/N-ethyl adjacent to an activating group) is 4. The molecule has 0 bridgehead atoms. The third-order valence-corrected chi connectivity index (χ3v) is 20.9. The van der Waals surface area contributed by atoms with Gasteiger partial charge in [0, 0.05) is 103 Å². The van der Waals surface area contributed by atoms with E-state index in [0.717, 1.165) is 92.9 Å². The molecule has 36 nitrogen and oxygen atoms in total. The van der Waals surface area contributed by atoms with Crippen LogP contribution in [0.15, 0.2) is 73.3 Å². The Kier molecular flexibility index (Phi) is 29.4. The number of carbonyl (C=O) groups is 4. The molecule has 116 heavy (non-hydrogen) atoms. The van der Waals surface area contributed by atoms with Crippen LogP contribution in [-0.2, 0) is 43.7 Å². The molecular formula is C68H88F12N12O24. The second-order valence-electron chi connectivity index (χ2n) is 28.9. The molecule has 12 rings (SSSR count). The topological polar surface area (TPSA) is 506 Å². The summed E-state index contributed by atoms with van der Waals surface area (Å²) in [6.07, 6.45) is -41.3. The smallest absolute Gasteiger partial charge is 0.396 e. The summed E-state index contributed by atoms with van der Waals surface area (Å²) in [5.41, 5.74) is -3.94. The van der Waals surface area contributed by atoms with Gasteiger partial charge in [0.15, 0.2) is 24.9 Å². The average Bonchev–Trinajstić information content (AvgIpc) is 1.65. The minimum Gasteiger partial charge on any atom is -0.396 e. The number of ether oxygens (including phenoxy) is 4. The van der Waals surface area contributed by atoms with Gasteiger partial charge in [0.05, 0.1) is 97.3 Å². The number of anilines is 4. The van der Waals surface area contributed by atoms with Crippen molar-refractivity contribution >= 4 is 47.4 Å². The van der Waals surface area contributed by atoms with Crippen LogP contribution in [0.3, 0.4) is 0 Å². The Morgan fingerprint density at radius 3 is 0.638 bits per heavy atom. The van der Waals surface area contributed by atoms with E-state index in [-0.39, 0.29) is 75.1 Å². The fourth-order valence-corrected chi connectivity index (χ4v) is 14.3. The maximum Gasteiger partial charge on any atom is 0.416 e. The number of alkyl halides is 12. The summed E-state index contributed by atoms with van der Waals surface area (Å²) in [6, 6.07) is 3.40. The van der Waals surface area contributed by atoms with Gasteiger partial charge in [-0.05, 0) is 74.2 Å². The van der Waals surface area contributed by atoms with Gasteiger partial charge in [-0.25, -0.2) is 58.7 Å². The molecule has 0 spiro atoms. The van der Waals surface area contributed by atoms with E-state index in [4.69, 9.17) is 18.9 Å². The van der Waals surface area contributed by atoms with Gasteiger partial charge < -0.3 is 120 Å². The zero-order valence-corrected chi connectivity index (χ0v) is 61.6. The van der Waals surface area contributed by atoms with Crippen molar-refractivity contribution in [3.05, 3.63) is 95.6 Å². The van der Waals surface area contributed by atoms with E-state index < -0.39 is 244 Å². The van der Waals surface area contributed by atoms with Gasteiger partial charge in [-0.2, -0.15) is 52.7 Å². The number of hydrogen-bond donors (Lipinski definition) is 16. The van der Waals surface area contributed by atoms with Crippen LogP contribution in [0.2, 0.25) is 0 Å². The minimum atomic E-state index is -4.63. The normalized spacial score (nSPS) is 33.4. The molecule has 0 aromatic carbocycles. The van der Waals surface area contributed by atoms with E-state index in [1.807, 2.05) is 0 Å². The Morgan fingerprint density at radius 1 is 0.310 bits per heavy atom. The molecule has 0 unspecified atom stereocenters. The molecule has 0 radical (unpaired) electrons.